The van der Waals surface area contributed by atoms with E-state index >= 15 is 0 Å². The smallest absolute Gasteiger partial charge is 0.00264 e. The van der Waals surface area contributed by atoms with Crippen molar-refractivity contribution in [3.63, 3.8) is 0 Å². The summed E-state index contributed by atoms with van der Waals surface area (Å²) < 4.78 is 0. The van der Waals surface area contributed by atoms with Crippen molar-refractivity contribution in [3.8, 4) is 0 Å². The lowest BCUT2D eigenvalue weighted by Gasteiger charge is -2.10. The third-order valence-corrected chi connectivity index (χ3v) is 3.65. The van der Waals surface area contributed by atoms with Crippen LogP contribution in [0.15, 0.2) is 48.5 Å². The molecule has 0 nitrogen and oxygen atoms in total. The maximum Gasteiger partial charge on any atom is -0.00264 e. The Kier molecular flexibility index (Phi) is 1.67. The molecule has 4 aromatic carbocycles. The van der Waals surface area contributed by atoms with E-state index in [0.717, 1.165) is 10.4 Å². The van der Waals surface area contributed by atoms with Crippen molar-refractivity contribution < 1.29 is 0 Å². The highest BCUT2D eigenvalue weighted by atomic mass is 14.1. The van der Waals surface area contributed by atoms with E-state index in [1.807, 2.05) is 0 Å². The summed E-state index contributed by atoms with van der Waals surface area (Å²) in [6.45, 7) is 8.10. The van der Waals surface area contributed by atoms with Gasteiger partial charge in [0.05, 0.1) is 0 Å². The second-order valence-electron chi connectivity index (χ2n) is 4.97. The zero-order chi connectivity index (χ0) is 12.3. The monoisotopic (exact) mass is 228 g/mol. The summed E-state index contributed by atoms with van der Waals surface area (Å²) in [6.07, 6.45) is 0. The predicted octanol–water partition coefficient (Wildman–Crippen LogP) is 3.40. The van der Waals surface area contributed by atoms with Crippen molar-refractivity contribution in [1.29, 1.82) is 0 Å². The molecular weight excluding hydrogens is 216 g/mol. The predicted molar refractivity (Wildman–Crippen MR) is 80.4 cm³/mol. The van der Waals surface area contributed by atoms with E-state index in [1.54, 1.807) is 0 Å². The zero-order valence-electron chi connectivity index (χ0n) is 10.0. The summed E-state index contributed by atoms with van der Waals surface area (Å²) in [6, 6.07) is 17.3. The van der Waals surface area contributed by atoms with Gasteiger partial charge in [-0.3, -0.25) is 0 Å². The second-order valence-corrected chi connectivity index (χ2v) is 4.97. The van der Waals surface area contributed by atoms with Crippen LogP contribution in [0.5, 0.6) is 0 Å². The highest BCUT2D eigenvalue weighted by Gasteiger charge is 2.07. The fourth-order valence-electron chi connectivity index (χ4n) is 2.97. The quantitative estimate of drug-likeness (QED) is 0.405. The molecule has 0 unspecified atom stereocenters. The first-order valence-electron chi connectivity index (χ1n) is 6.09. The van der Waals surface area contributed by atoms with Crippen LogP contribution in [0.3, 0.4) is 0 Å². The van der Waals surface area contributed by atoms with Gasteiger partial charge >= 0.3 is 0 Å². The van der Waals surface area contributed by atoms with Gasteiger partial charge in [0.25, 0.3) is 0 Å². The molecule has 0 aliphatic heterocycles. The Morgan fingerprint density at radius 1 is 0.500 bits per heavy atom. The molecule has 0 heteroatoms. The minimum Gasteiger partial charge on any atom is -0.0917 e. The van der Waals surface area contributed by atoms with Crippen molar-refractivity contribution in [2.24, 2.45) is 0 Å². The molecule has 0 aromatic heterocycles. The van der Waals surface area contributed by atoms with E-state index < -0.39 is 0 Å². The molecule has 18 heavy (non-hydrogen) atoms. The van der Waals surface area contributed by atoms with Crippen LogP contribution in [-0.4, -0.2) is 0 Å². The number of benzene rings is 4. The van der Waals surface area contributed by atoms with Crippen molar-refractivity contribution in [3.05, 3.63) is 59.0 Å². The molecule has 0 aliphatic rings. The molecule has 0 aliphatic carbocycles. The van der Waals surface area contributed by atoms with E-state index in [9.17, 15) is 0 Å². The molecule has 4 aromatic rings. The Balaban J connectivity index is 2.49. The van der Waals surface area contributed by atoms with Gasteiger partial charge in [-0.05, 0) is 67.0 Å². The van der Waals surface area contributed by atoms with Crippen molar-refractivity contribution in [2.75, 3.05) is 0 Å². The Labute approximate surface area is 105 Å². The lowest BCUT2D eigenvalue weighted by atomic mass is 9.93. The van der Waals surface area contributed by atoms with Gasteiger partial charge in [0.1, 0.15) is 0 Å². The first kappa shape index (κ1) is 9.67. The Morgan fingerprint density at radius 3 is 1.06 bits per heavy atom. The van der Waals surface area contributed by atoms with E-state index in [2.05, 4.69) is 61.7 Å². The molecule has 0 atom stereocenters. The molecule has 84 valence electrons. The summed E-state index contributed by atoms with van der Waals surface area (Å²) in [5, 5.41) is 9.91. The molecule has 0 heterocycles. The largest absolute Gasteiger partial charge is 0.0917 e. The second kappa shape index (κ2) is 3.11. The van der Waals surface area contributed by atoms with Crippen LogP contribution in [0.1, 0.15) is 0 Å². The summed E-state index contributed by atoms with van der Waals surface area (Å²) in [7, 11) is 0. The normalized spacial score (nSPS) is 11.8. The maximum atomic E-state index is 4.05. The minimum atomic E-state index is 1.07. The SMILES string of the molecule is C=c1cc2ccc3cc(=C)cc4ccc(c1)c2c34. The van der Waals surface area contributed by atoms with Gasteiger partial charge in [0.2, 0.25) is 0 Å². The molecule has 0 fully saturated rings. The van der Waals surface area contributed by atoms with E-state index in [1.165, 1.54) is 32.3 Å². The van der Waals surface area contributed by atoms with E-state index in [-0.39, 0.29) is 0 Å². The van der Waals surface area contributed by atoms with Gasteiger partial charge in [-0.15, -0.1) is 0 Å². The van der Waals surface area contributed by atoms with Crippen molar-refractivity contribution >= 4 is 45.5 Å². The fraction of sp³-hybridized carbons (Fsp3) is 0. The highest BCUT2D eigenvalue weighted by Crippen LogP contribution is 2.32. The Morgan fingerprint density at radius 2 is 0.778 bits per heavy atom. The molecule has 0 amide bonds. The van der Waals surface area contributed by atoms with E-state index in [4.69, 9.17) is 0 Å². The van der Waals surface area contributed by atoms with Crippen LogP contribution < -0.4 is 10.4 Å². The Hall–Kier alpha value is -2.34. The average Bonchev–Trinajstić information content (AvgIpc) is 2.34. The molecule has 4 rings (SSSR count). The van der Waals surface area contributed by atoms with Crippen LogP contribution in [0.4, 0.5) is 0 Å². The van der Waals surface area contributed by atoms with E-state index in [0.29, 0.717) is 0 Å². The van der Waals surface area contributed by atoms with Gasteiger partial charge in [-0.1, -0.05) is 37.4 Å². The molecule has 0 N–H and O–H groups in total. The molecule has 0 spiro atoms. The first-order chi connectivity index (χ1) is 8.72. The first-order valence-corrected chi connectivity index (χ1v) is 6.09. The lowest BCUT2D eigenvalue weighted by molar-refractivity contribution is 1.70. The summed E-state index contributed by atoms with van der Waals surface area (Å²) >= 11 is 0. The third-order valence-electron chi connectivity index (χ3n) is 3.65. The summed E-state index contributed by atoms with van der Waals surface area (Å²) in [5.74, 6) is 0. The average molecular weight is 228 g/mol. The molecular formula is C18H12. The molecule has 0 saturated carbocycles. The maximum absolute atomic E-state index is 4.05. The highest BCUT2D eigenvalue weighted by molar-refractivity contribution is 6.22. The summed E-state index contributed by atoms with van der Waals surface area (Å²) in [5.41, 5.74) is 0. The van der Waals surface area contributed by atoms with Crippen molar-refractivity contribution in [1.82, 2.24) is 0 Å². The van der Waals surface area contributed by atoms with Gasteiger partial charge in [-0.25, -0.2) is 0 Å². The van der Waals surface area contributed by atoms with Gasteiger partial charge in [-0.2, -0.15) is 0 Å². The number of rotatable bonds is 0. The molecule has 0 radical (unpaired) electrons. The third kappa shape index (κ3) is 1.15. The van der Waals surface area contributed by atoms with Crippen LogP contribution in [0.2, 0.25) is 0 Å². The number of hydrogen-bond donors (Lipinski definition) is 0. The fourth-order valence-corrected chi connectivity index (χ4v) is 2.97. The minimum absolute atomic E-state index is 1.07. The lowest BCUT2D eigenvalue weighted by Crippen LogP contribution is -1.99. The summed E-state index contributed by atoms with van der Waals surface area (Å²) in [4.78, 5) is 0. The van der Waals surface area contributed by atoms with Crippen LogP contribution in [0, 0.1) is 0 Å². The van der Waals surface area contributed by atoms with Crippen LogP contribution in [-0.2, 0) is 0 Å². The molecule has 0 bridgehead atoms. The van der Waals surface area contributed by atoms with Gasteiger partial charge in [0.15, 0.2) is 0 Å². The standard InChI is InChI=1S/C18H12/c1-11-7-13-3-5-15-9-12(2)10-16-6-4-14(8-11)17(13)18(15)16/h3-10H,1-2H2. The van der Waals surface area contributed by atoms with Crippen LogP contribution in [0.25, 0.3) is 45.5 Å². The topological polar surface area (TPSA) is 0 Å². The Bertz CT molecular complexity index is 837. The zero-order valence-corrected chi connectivity index (χ0v) is 10.0. The molecule has 0 saturated heterocycles. The van der Waals surface area contributed by atoms with Gasteiger partial charge < -0.3 is 0 Å². The number of hydrogen-bond acceptors (Lipinski definition) is 0. The van der Waals surface area contributed by atoms with Gasteiger partial charge in [0, 0.05) is 0 Å². The van der Waals surface area contributed by atoms with Crippen molar-refractivity contribution in [2.45, 2.75) is 0 Å². The van der Waals surface area contributed by atoms with Crippen LogP contribution >= 0.6 is 0 Å².